The van der Waals surface area contributed by atoms with E-state index in [1.807, 2.05) is 26.0 Å². The molecule has 0 radical (unpaired) electrons. The van der Waals surface area contributed by atoms with Crippen LogP contribution in [0.5, 0.6) is 0 Å². The second kappa shape index (κ2) is 10.8. The Labute approximate surface area is 186 Å². The van der Waals surface area contributed by atoms with E-state index in [1.165, 1.54) is 6.42 Å². The van der Waals surface area contributed by atoms with Gasteiger partial charge in [-0.25, -0.2) is 4.79 Å². The van der Waals surface area contributed by atoms with Crippen LogP contribution in [0.2, 0.25) is 0 Å². The quantitative estimate of drug-likeness (QED) is 0.641. The number of ether oxygens (including phenoxy) is 1. The molecule has 3 atom stereocenters. The highest BCUT2D eigenvalue weighted by Gasteiger charge is 2.28. The molecule has 0 aliphatic heterocycles. The molecule has 1 aromatic carbocycles. The van der Waals surface area contributed by atoms with Gasteiger partial charge in [-0.15, -0.1) is 0 Å². The molecule has 1 aliphatic carbocycles. The average molecular weight is 431 g/mol. The zero-order chi connectivity index (χ0) is 23.2. The fraction of sp³-hybridized carbons (Fsp3) is 0.640. The Morgan fingerprint density at radius 1 is 1.06 bits per heavy atom. The first kappa shape index (κ1) is 24.9. The van der Waals surface area contributed by atoms with Gasteiger partial charge in [-0.2, -0.15) is 0 Å². The summed E-state index contributed by atoms with van der Waals surface area (Å²) in [5.41, 5.74) is 1.60. The van der Waals surface area contributed by atoms with Crippen molar-refractivity contribution in [2.45, 2.75) is 84.7 Å². The summed E-state index contributed by atoms with van der Waals surface area (Å²) in [6.07, 6.45) is 4.35. The number of hydrogen-bond acceptors (Lipinski definition) is 4. The molecule has 6 heteroatoms. The van der Waals surface area contributed by atoms with Gasteiger partial charge >= 0.3 is 5.97 Å². The van der Waals surface area contributed by atoms with Gasteiger partial charge < -0.3 is 15.4 Å². The van der Waals surface area contributed by atoms with Crippen molar-refractivity contribution >= 4 is 17.8 Å². The average Bonchev–Trinajstić information content (AvgIpc) is 2.71. The second-order valence-electron chi connectivity index (χ2n) is 10.1. The molecular formula is C25H38N2O4. The van der Waals surface area contributed by atoms with Crippen LogP contribution in [0.1, 0.15) is 83.1 Å². The number of carbonyl (C=O) groups excluding carboxylic acids is 3. The van der Waals surface area contributed by atoms with Gasteiger partial charge in [0, 0.05) is 11.6 Å². The summed E-state index contributed by atoms with van der Waals surface area (Å²) >= 11 is 0. The van der Waals surface area contributed by atoms with E-state index >= 15 is 0 Å². The summed E-state index contributed by atoms with van der Waals surface area (Å²) in [4.78, 5) is 37.5. The number of carbonyl (C=O) groups is 3. The third-order valence-corrected chi connectivity index (χ3v) is 6.02. The van der Waals surface area contributed by atoms with E-state index in [0.717, 1.165) is 24.8 Å². The smallest absolute Gasteiger partial charge is 0.329 e. The minimum absolute atomic E-state index is 0.00469. The molecule has 6 nitrogen and oxygen atoms in total. The van der Waals surface area contributed by atoms with Crippen molar-refractivity contribution in [2.24, 2.45) is 11.8 Å². The van der Waals surface area contributed by atoms with Gasteiger partial charge in [0.15, 0.2) is 6.61 Å². The fourth-order valence-corrected chi connectivity index (χ4v) is 3.85. The Hall–Kier alpha value is -2.37. The number of nitrogens with one attached hydrogen (secondary N) is 2. The second-order valence-corrected chi connectivity index (χ2v) is 10.1. The zero-order valence-electron chi connectivity index (χ0n) is 19.8. The van der Waals surface area contributed by atoms with Crippen LogP contribution in [0.4, 0.5) is 0 Å². The van der Waals surface area contributed by atoms with Crippen LogP contribution < -0.4 is 10.6 Å². The van der Waals surface area contributed by atoms with E-state index in [2.05, 4.69) is 38.3 Å². The van der Waals surface area contributed by atoms with Crippen molar-refractivity contribution < 1.29 is 19.1 Å². The molecule has 0 saturated heterocycles. The Bertz CT molecular complexity index is 765. The van der Waals surface area contributed by atoms with Crippen molar-refractivity contribution in [1.82, 2.24) is 10.6 Å². The van der Waals surface area contributed by atoms with E-state index in [9.17, 15) is 14.4 Å². The van der Waals surface area contributed by atoms with Gasteiger partial charge in [-0.1, -0.05) is 66.5 Å². The molecule has 1 aliphatic rings. The van der Waals surface area contributed by atoms with E-state index in [1.54, 1.807) is 12.1 Å². The molecule has 1 fully saturated rings. The number of amides is 2. The summed E-state index contributed by atoms with van der Waals surface area (Å²) in [5.74, 6) is -0.968. The monoisotopic (exact) mass is 430 g/mol. The van der Waals surface area contributed by atoms with E-state index < -0.39 is 12.0 Å². The lowest BCUT2D eigenvalue weighted by atomic mass is 9.86. The van der Waals surface area contributed by atoms with Gasteiger partial charge in [0.05, 0.1) is 0 Å². The van der Waals surface area contributed by atoms with Gasteiger partial charge in [0.25, 0.3) is 11.8 Å². The SMILES string of the molecule is CC(C)[C@H](NC(=O)c1ccc(C(C)(C)C)cc1)C(=O)OCC(=O)N[C@@H]1CCCC[C@H]1C. The van der Waals surface area contributed by atoms with Crippen molar-refractivity contribution in [3.63, 3.8) is 0 Å². The maximum absolute atomic E-state index is 12.7. The largest absolute Gasteiger partial charge is 0.454 e. The molecule has 172 valence electrons. The molecule has 2 amide bonds. The van der Waals surface area contributed by atoms with E-state index in [0.29, 0.717) is 11.5 Å². The fourth-order valence-electron chi connectivity index (χ4n) is 3.85. The number of esters is 1. The number of rotatable bonds is 7. The Morgan fingerprint density at radius 3 is 2.23 bits per heavy atom. The summed E-state index contributed by atoms with van der Waals surface area (Å²) in [5, 5.41) is 5.73. The lowest BCUT2D eigenvalue weighted by Gasteiger charge is -2.29. The molecule has 0 bridgehead atoms. The molecule has 2 rings (SSSR count). The predicted octanol–water partition coefficient (Wildman–Crippen LogP) is 3.98. The molecule has 1 aromatic rings. The Balaban J connectivity index is 1.91. The van der Waals surface area contributed by atoms with Crippen LogP contribution in [0.25, 0.3) is 0 Å². The van der Waals surface area contributed by atoms with Crippen molar-refractivity contribution in [1.29, 1.82) is 0 Å². The molecule has 31 heavy (non-hydrogen) atoms. The van der Waals surface area contributed by atoms with E-state index in [-0.39, 0.29) is 35.8 Å². The molecule has 0 aromatic heterocycles. The minimum atomic E-state index is -0.823. The summed E-state index contributed by atoms with van der Waals surface area (Å²) in [6, 6.07) is 6.69. The highest BCUT2D eigenvalue weighted by molar-refractivity contribution is 5.97. The first-order chi connectivity index (χ1) is 14.5. The highest BCUT2D eigenvalue weighted by Crippen LogP contribution is 2.24. The molecular weight excluding hydrogens is 392 g/mol. The van der Waals surface area contributed by atoms with E-state index in [4.69, 9.17) is 4.74 Å². The van der Waals surface area contributed by atoms with Crippen molar-refractivity contribution in [2.75, 3.05) is 6.61 Å². The topological polar surface area (TPSA) is 84.5 Å². The summed E-state index contributed by atoms with van der Waals surface area (Å²) in [6.45, 7) is 11.8. The van der Waals surface area contributed by atoms with Gasteiger partial charge in [-0.3, -0.25) is 9.59 Å². The molecule has 0 unspecified atom stereocenters. The van der Waals surface area contributed by atoms with Gasteiger partial charge in [0.1, 0.15) is 6.04 Å². The highest BCUT2D eigenvalue weighted by atomic mass is 16.5. The summed E-state index contributed by atoms with van der Waals surface area (Å²) in [7, 11) is 0. The third-order valence-electron chi connectivity index (χ3n) is 6.02. The first-order valence-electron chi connectivity index (χ1n) is 11.4. The maximum atomic E-state index is 12.7. The molecule has 2 N–H and O–H groups in total. The van der Waals surface area contributed by atoms with Crippen LogP contribution in [0, 0.1) is 11.8 Å². The van der Waals surface area contributed by atoms with Crippen LogP contribution in [-0.4, -0.2) is 36.5 Å². The lowest BCUT2D eigenvalue weighted by Crippen LogP contribution is -2.47. The molecule has 0 heterocycles. The number of benzene rings is 1. The van der Waals surface area contributed by atoms with Crippen molar-refractivity contribution in [3.05, 3.63) is 35.4 Å². The van der Waals surface area contributed by atoms with Crippen molar-refractivity contribution in [3.8, 4) is 0 Å². The molecule has 0 spiro atoms. The van der Waals surface area contributed by atoms with Gasteiger partial charge in [-0.05, 0) is 47.8 Å². The van der Waals surface area contributed by atoms with Crippen LogP contribution >= 0.6 is 0 Å². The van der Waals surface area contributed by atoms with Gasteiger partial charge in [0.2, 0.25) is 0 Å². The predicted molar refractivity (Wildman–Crippen MR) is 122 cm³/mol. The van der Waals surface area contributed by atoms with Crippen LogP contribution in [0.3, 0.4) is 0 Å². The maximum Gasteiger partial charge on any atom is 0.329 e. The Kier molecular flexibility index (Phi) is 8.66. The van der Waals surface area contributed by atoms with Crippen LogP contribution in [0.15, 0.2) is 24.3 Å². The minimum Gasteiger partial charge on any atom is -0.454 e. The Morgan fingerprint density at radius 2 is 1.68 bits per heavy atom. The first-order valence-corrected chi connectivity index (χ1v) is 11.4. The van der Waals surface area contributed by atoms with Crippen LogP contribution in [-0.2, 0) is 19.7 Å². The number of hydrogen-bond donors (Lipinski definition) is 2. The third kappa shape index (κ3) is 7.37. The lowest BCUT2D eigenvalue weighted by molar-refractivity contribution is -0.151. The standard InChI is InChI=1S/C25H38N2O4/c1-16(2)22(27-23(29)18-11-13-19(14-12-18)25(4,5)6)24(30)31-15-21(28)26-20-10-8-7-9-17(20)3/h11-14,16-17,20,22H,7-10,15H2,1-6H3,(H,26,28)(H,27,29)/t17-,20-,22+/m1/s1. The normalized spacial score (nSPS) is 20.1. The molecule has 1 saturated carbocycles. The summed E-state index contributed by atoms with van der Waals surface area (Å²) < 4.78 is 5.24. The zero-order valence-corrected chi connectivity index (χ0v) is 19.8.